The molecule has 7 heteroatoms. The quantitative estimate of drug-likeness (QED) is 0.853. The third kappa shape index (κ3) is 3.69. The Balaban J connectivity index is 2.12. The molecule has 112 valence electrons. The first kappa shape index (κ1) is 15.2. The minimum atomic E-state index is -3.45. The van der Waals surface area contributed by atoms with Gasteiger partial charge in [-0.05, 0) is 30.7 Å². The SMILES string of the molecule is NCCOc1ccc(S(=O)(=O)N2CCCOCC2)cc1. The van der Waals surface area contributed by atoms with Gasteiger partial charge in [0.1, 0.15) is 12.4 Å². The average Bonchev–Trinajstić information content (AvgIpc) is 2.75. The second-order valence-corrected chi connectivity index (χ2v) is 6.42. The van der Waals surface area contributed by atoms with Gasteiger partial charge in [0, 0.05) is 26.2 Å². The molecule has 0 aromatic heterocycles. The Morgan fingerprint density at radius 2 is 1.95 bits per heavy atom. The fraction of sp³-hybridized carbons (Fsp3) is 0.538. The van der Waals surface area contributed by atoms with Gasteiger partial charge in [0.15, 0.2) is 0 Å². The maximum Gasteiger partial charge on any atom is 0.243 e. The van der Waals surface area contributed by atoms with E-state index in [2.05, 4.69) is 0 Å². The predicted octanol–water partition coefficient (Wildman–Crippen LogP) is 0.435. The van der Waals surface area contributed by atoms with Gasteiger partial charge >= 0.3 is 0 Å². The molecule has 0 bridgehead atoms. The van der Waals surface area contributed by atoms with Gasteiger partial charge < -0.3 is 15.2 Å². The number of nitrogens with two attached hydrogens (primary N) is 1. The lowest BCUT2D eigenvalue weighted by Gasteiger charge is -2.19. The Kier molecular flexibility index (Phi) is 5.36. The standard InChI is InChI=1S/C13H20N2O4S/c14-6-10-19-12-2-4-13(5-3-12)20(16,17)15-7-1-9-18-11-8-15/h2-5H,1,6-11,14H2. The van der Waals surface area contributed by atoms with E-state index in [4.69, 9.17) is 15.2 Å². The highest BCUT2D eigenvalue weighted by molar-refractivity contribution is 7.89. The Labute approximate surface area is 119 Å². The summed E-state index contributed by atoms with van der Waals surface area (Å²) in [6.45, 7) is 2.78. The molecule has 1 aromatic rings. The molecule has 1 heterocycles. The summed E-state index contributed by atoms with van der Waals surface area (Å²) < 4.78 is 37.0. The molecule has 1 aliphatic rings. The summed E-state index contributed by atoms with van der Waals surface area (Å²) in [4.78, 5) is 0.277. The Morgan fingerprint density at radius 3 is 2.65 bits per heavy atom. The van der Waals surface area contributed by atoms with Crippen molar-refractivity contribution in [3.05, 3.63) is 24.3 Å². The second-order valence-electron chi connectivity index (χ2n) is 4.48. The van der Waals surface area contributed by atoms with Crippen LogP contribution in [0.1, 0.15) is 6.42 Å². The average molecular weight is 300 g/mol. The summed E-state index contributed by atoms with van der Waals surface area (Å²) >= 11 is 0. The third-order valence-corrected chi connectivity index (χ3v) is 4.94. The van der Waals surface area contributed by atoms with Crippen molar-refractivity contribution in [3.63, 3.8) is 0 Å². The van der Waals surface area contributed by atoms with E-state index >= 15 is 0 Å². The van der Waals surface area contributed by atoms with Crippen LogP contribution in [-0.2, 0) is 14.8 Å². The number of benzene rings is 1. The molecular weight excluding hydrogens is 280 g/mol. The highest BCUT2D eigenvalue weighted by atomic mass is 32.2. The summed E-state index contributed by atoms with van der Waals surface area (Å²) in [6.07, 6.45) is 0.719. The van der Waals surface area contributed by atoms with Crippen molar-refractivity contribution in [2.45, 2.75) is 11.3 Å². The molecule has 1 saturated heterocycles. The van der Waals surface area contributed by atoms with Crippen molar-refractivity contribution in [1.29, 1.82) is 0 Å². The second kappa shape index (κ2) is 7.03. The zero-order chi connectivity index (χ0) is 14.4. The third-order valence-electron chi connectivity index (χ3n) is 3.03. The van der Waals surface area contributed by atoms with Crippen LogP contribution < -0.4 is 10.5 Å². The van der Waals surface area contributed by atoms with E-state index in [9.17, 15) is 8.42 Å². The molecule has 1 fully saturated rings. The van der Waals surface area contributed by atoms with Crippen LogP contribution in [0.15, 0.2) is 29.2 Å². The molecule has 1 aliphatic heterocycles. The number of hydrogen-bond acceptors (Lipinski definition) is 5. The summed E-state index contributed by atoms with van der Waals surface area (Å²) in [5.74, 6) is 0.619. The van der Waals surface area contributed by atoms with Crippen LogP contribution in [0.4, 0.5) is 0 Å². The van der Waals surface area contributed by atoms with Crippen molar-refractivity contribution in [2.24, 2.45) is 5.73 Å². The maximum absolute atomic E-state index is 12.5. The number of rotatable bonds is 5. The van der Waals surface area contributed by atoms with Crippen molar-refractivity contribution in [3.8, 4) is 5.75 Å². The van der Waals surface area contributed by atoms with E-state index in [-0.39, 0.29) is 4.90 Å². The topological polar surface area (TPSA) is 81.9 Å². The van der Waals surface area contributed by atoms with Crippen LogP contribution in [0, 0.1) is 0 Å². The molecule has 2 rings (SSSR count). The summed E-state index contributed by atoms with van der Waals surface area (Å²) in [5.41, 5.74) is 5.35. The minimum Gasteiger partial charge on any atom is -0.492 e. The first-order valence-corrected chi connectivity index (χ1v) is 8.09. The van der Waals surface area contributed by atoms with Gasteiger partial charge in [-0.2, -0.15) is 4.31 Å². The van der Waals surface area contributed by atoms with Crippen molar-refractivity contribution in [1.82, 2.24) is 4.31 Å². The lowest BCUT2D eigenvalue weighted by molar-refractivity contribution is 0.148. The molecule has 1 aromatic carbocycles. The van der Waals surface area contributed by atoms with E-state index < -0.39 is 10.0 Å². The van der Waals surface area contributed by atoms with Gasteiger partial charge in [0.25, 0.3) is 0 Å². The molecule has 0 unspecified atom stereocenters. The molecule has 0 saturated carbocycles. The van der Waals surface area contributed by atoms with Crippen LogP contribution in [0.5, 0.6) is 5.75 Å². The minimum absolute atomic E-state index is 0.277. The number of ether oxygens (including phenoxy) is 2. The fourth-order valence-corrected chi connectivity index (χ4v) is 3.46. The summed E-state index contributed by atoms with van der Waals surface area (Å²) in [5, 5.41) is 0. The van der Waals surface area contributed by atoms with Crippen LogP contribution in [0.25, 0.3) is 0 Å². The summed E-state index contributed by atoms with van der Waals surface area (Å²) in [7, 11) is -3.45. The monoisotopic (exact) mass is 300 g/mol. The molecule has 6 nitrogen and oxygen atoms in total. The summed E-state index contributed by atoms with van der Waals surface area (Å²) in [6, 6.07) is 6.42. The van der Waals surface area contributed by atoms with Crippen LogP contribution in [0.2, 0.25) is 0 Å². The van der Waals surface area contributed by atoms with Crippen LogP contribution in [0.3, 0.4) is 0 Å². The predicted molar refractivity (Wildman–Crippen MR) is 75.2 cm³/mol. The van der Waals surface area contributed by atoms with Crippen molar-refractivity contribution in [2.75, 3.05) is 39.5 Å². The lowest BCUT2D eigenvalue weighted by Crippen LogP contribution is -2.33. The lowest BCUT2D eigenvalue weighted by atomic mass is 10.3. The molecule has 0 radical (unpaired) electrons. The molecule has 2 N–H and O–H groups in total. The Bertz CT molecular complexity index is 508. The smallest absolute Gasteiger partial charge is 0.243 e. The van der Waals surface area contributed by atoms with Gasteiger partial charge in [0.2, 0.25) is 10.0 Å². The maximum atomic E-state index is 12.5. The number of sulfonamides is 1. The Hall–Kier alpha value is -1.15. The normalized spacial score (nSPS) is 17.6. The van der Waals surface area contributed by atoms with E-state index in [0.29, 0.717) is 45.2 Å². The molecule has 20 heavy (non-hydrogen) atoms. The first-order chi connectivity index (χ1) is 9.64. The van der Waals surface area contributed by atoms with Crippen molar-refractivity contribution < 1.29 is 17.9 Å². The zero-order valence-electron chi connectivity index (χ0n) is 11.3. The highest BCUT2D eigenvalue weighted by Gasteiger charge is 2.25. The molecule has 0 atom stereocenters. The first-order valence-electron chi connectivity index (χ1n) is 6.65. The number of hydrogen-bond donors (Lipinski definition) is 1. The highest BCUT2D eigenvalue weighted by Crippen LogP contribution is 2.20. The molecule has 0 spiro atoms. The van der Waals surface area contributed by atoms with Crippen molar-refractivity contribution >= 4 is 10.0 Å². The van der Waals surface area contributed by atoms with Gasteiger partial charge in [-0.3, -0.25) is 0 Å². The van der Waals surface area contributed by atoms with Crippen LogP contribution in [-0.4, -0.2) is 52.2 Å². The van der Waals surface area contributed by atoms with E-state index in [0.717, 1.165) is 6.42 Å². The fourth-order valence-electron chi connectivity index (χ4n) is 2.00. The largest absolute Gasteiger partial charge is 0.492 e. The van der Waals surface area contributed by atoms with Gasteiger partial charge in [-0.1, -0.05) is 0 Å². The van der Waals surface area contributed by atoms with Gasteiger partial charge in [0.05, 0.1) is 11.5 Å². The molecular formula is C13H20N2O4S. The molecule has 0 aliphatic carbocycles. The van der Waals surface area contributed by atoms with Crippen LogP contribution >= 0.6 is 0 Å². The Morgan fingerprint density at radius 1 is 1.20 bits per heavy atom. The van der Waals surface area contributed by atoms with E-state index in [1.54, 1.807) is 24.3 Å². The molecule has 0 amide bonds. The number of nitrogens with zero attached hydrogens (tertiary/aromatic N) is 1. The van der Waals surface area contributed by atoms with Gasteiger partial charge in [-0.25, -0.2) is 8.42 Å². The zero-order valence-corrected chi connectivity index (χ0v) is 12.1. The van der Waals surface area contributed by atoms with E-state index in [1.807, 2.05) is 0 Å². The van der Waals surface area contributed by atoms with E-state index in [1.165, 1.54) is 4.31 Å². The van der Waals surface area contributed by atoms with Gasteiger partial charge in [-0.15, -0.1) is 0 Å².